The highest BCUT2D eigenvalue weighted by molar-refractivity contribution is 6.18. The molecule has 2 aromatic carbocycles. The smallest absolute Gasteiger partial charge is 0.136 e. The summed E-state index contributed by atoms with van der Waals surface area (Å²) in [5, 5.41) is 16.7. The van der Waals surface area contributed by atoms with Crippen LogP contribution >= 0.6 is 23.2 Å². The number of piperazine rings is 2. The van der Waals surface area contributed by atoms with Crippen molar-refractivity contribution in [3.05, 3.63) is 72.6 Å². The number of aliphatic hydroxyl groups is 1. The molecular formula is C32H38Cl2F2N6O2. The lowest BCUT2D eigenvalue weighted by atomic mass is 10.1. The van der Waals surface area contributed by atoms with Crippen LogP contribution in [0.3, 0.4) is 0 Å². The fourth-order valence-corrected chi connectivity index (χ4v) is 5.55. The van der Waals surface area contributed by atoms with Gasteiger partial charge in [0.15, 0.2) is 0 Å². The van der Waals surface area contributed by atoms with E-state index in [1.54, 1.807) is 36.7 Å². The second-order valence-corrected chi connectivity index (χ2v) is 11.6. The number of nitrogens with one attached hydrogen (secondary N) is 1. The number of hydrogen-bond acceptors (Lipinski definition) is 8. The van der Waals surface area contributed by atoms with Crippen LogP contribution in [-0.4, -0.2) is 109 Å². The van der Waals surface area contributed by atoms with E-state index in [9.17, 15) is 13.9 Å². The van der Waals surface area contributed by atoms with Crippen LogP contribution in [0.5, 0.6) is 0 Å². The SMILES string of the molecule is ClCC1CO1.Fc1ccc2ccnc(N3CCNCC3)c2c1.OC(CCl)CN1CCN(c2nccc3ccc(F)cc23)CC1. The van der Waals surface area contributed by atoms with Crippen molar-refractivity contribution in [3.8, 4) is 0 Å². The van der Waals surface area contributed by atoms with Crippen LogP contribution in [-0.2, 0) is 4.74 Å². The van der Waals surface area contributed by atoms with Crippen molar-refractivity contribution in [2.45, 2.75) is 12.2 Å². The van der Waals surface area contributed by atoms with E-state index in [0.29, 0.717) is 18.5 Å². The van der Waals surface area contributed by atoms with E-state index in [1.165, 1.54) is 12.1 Å². The standard InChI is InChI=1S/C16H19ClFN3O.C13H14FN3.C3H5ClO/c17-10-14(22)11-20-5-7-21(8-6-20)16-15-9-13(18)2-1-12(15)3-4-19-16;14-11-2-1-10-3-4-16-13(12(10)9-11)17-7-5-15-6-8-17;4-1-3-2-5-3/h1-4,9,14,22H,5-8,10-11H2;1-4,9,15H,5-8H2;3H,1-2H2. The van der Waals surface area contributed by atoms with Crippen molar-refractivity contribution in [2.75, 3.05) is 87.1 Å². The van der Waals surface area contributed by atoms with Gasteiger partial charge in [0.25, 0.3) is 0 Å². The molecule has 3 aliphatic rings. The Morgan fingerprint density at radius 2 is 1.34 bits per heavy atom. The molecule has 4 aromatic rings. The van der Waals surface area contributed by atoms with Crippen molar-refractivity contribution in [3.63, 3.8) is 0 Å². The van der Waals surface area contributed by atoms with Crippen molar-refractivity contribution < 1.29 is 18.6 Å². The first-order valence-corrected chi connectivity index (χ1v) is 15.9. The molecular weight excluding hydrogens is 609 g/mol. The number of alkyl halides is 2. The number of aromatic nitrogens is 2. The number of benzene rings is 2. The van der Waals surface area contributed by atoms with Gasteiger partial charge in [-0.15, -0.1) is 23.2 Å². The third-order valence-electron chi connectivity index (χ3n) is 7.72. The molecule has 0 bridgehead atoms. The van der Waals surface area contributed by atoms with Crippen molar-refractivity contribution in [2.24, 2.45) is 0 Å². The van der Waals surface area contributed by atoms with Gasteiger partial charge in [0.2, 0.25) is 0 Å². The van der Waals surface area contributed by atoms with Gasteiger partial charge in [0.1, 0.15) is 23.3 Å². The Kier molecular flexibility index (Phi) is 11.8. The van der Waals surface area contributed by atoms with Crippen molar-refractivity contribution in [1.29, 1.82) is 0 Å². The van der Waals surface area contributed by atoms with Crippen molar-refractivity contribution >= 4 is 56.4 Å². The zero-order chi connectivity index (χ0) is 30.9. The molecule has 2 N–H and O–H groups in total. The number of rotatable bonds is 6. The topological polar surface area (TPSA) is 80.3 Å². The largest absolute Gasteiger partial charge is 0.391 e. The number of halogens is 4. The van der Waals surface area contributed by atoms with Gasteiger partial charge >= 0.3 is 0 Å². The number of epoxide rings is 1. The highest BCUT2D eigenvalue weighted by Crippen LogP contribution is 2.27. The number of pyridine rings is 2. The lowest BCUT2D eigenvalue weighted by Gasteiger charge is -2.36. The lowest BCUT2D eigenvalue weighted by Crippen LogP contribution is -2.49. The van der Waals surface area contributed by atoms with E-state index >= 15 is 0 Å². The van der Waals surface area contributed by atoms with Crippen molar-refractivity contribution in [1.82, 2.24) is 20.2 Å². The molecule has 2 aromatic heterocycles. The van der Waals surface area contributed by atoms with Crippen LogP contribution in [0, 0.1) is 11.6 Å². The number of aliphatic hydroxyl groups excluding tert-OH is 1. The average molecular weight is 648 g/mol. The lowest BCUT2D eigenvalue weighted by molar-refractivity contribution is 0.125. The Hall–Kier alpha value is -2.86. The normalized spacial score (nSPS) is 19.2. The number of fused-ring (bicyclic) bond motifs is 2. The average Bonchev–Trinajstić information content (AvgIpc) is 3.91. The molecule has 7 rings (SSSR count). The van der Waals surface area contributed by atoms with Crippen LogP contribution in [0.2, 0.25) is 0 Å². The number of nitrogens with zero attached hydrogens (tertiary/aromatic N) is 5. The van der Waals surface area contributed by atoms with E-state index in [0.717, 1.165) is 92.1 Å². The van der Waals surface area contributed by atoms with E-state index in [-0.39, 0.29) is 17.5 Å². The molecule has 3 fully saturated rings. The highest BCUT2D eigenvalue weighted by Gasteiger charge is 2.21. The Balaban J connectivity index is 0.000000154. The minimum Gasteiger partial charge on any atom is -0.391 e. The fraction of sp³-hybridized carbons (Fsp3) is 0.438. The minimum absolute atomic E-state index is 0.207. The summed E-state index contributed by atoms with van der Waals surface area (Å²) in [7, 11) is 0. The summed E-state index contributed by atoms with van der Waals surface area (Å²) in [5.74, 6) is 2.19. The zero-order valence-electron chi connectivity index (χ0n) is 24.5. The first kappa shape index (κ1) is 32.5. The van der Waals surface area contributed by atoms with Crippen LogP contribution < -0.4 is 15.1 Å². The molecule has 2 unspecified atom stereocenters. The second-order valence-electron chi connectivity index (χ2n) is 10.9. The van der Waals surface area contributed by atoms with Gasteiger partial charge in [-0.25, -0.2) is 18.7 Å². The molecule has 0 radical (unpaired) electrons. The zero-order valence-corrected chi connectivity index (χ0v) is 26.0. The summed E-state index contributed by atoms with van der Waals surface area (Å²) in [6.07, 6.45) is 3.46. The van der Waals surface area contributed by atoms with Gasteiger partial charge < -0.3 is 25.0 Å². The highest BCUT2D eigenvalue weighted by atomic mass is 35.5. The molecule has 3 aliphatic heterocycles. The molecule has 12 heteroatoms. The predicted molar refractivity (Wildman–Crippen MR) is 174 cm³/mol. The molecule has 3 saturated heterocycles. The van der Waals surface area contributed by atoms with Gasteiger partial charge in [-0.3, -0.25) is 4.90 Å². The number of hydrogen-bond donors (Lipinski definition) is 2. The summed E-state index contributed by atoms with van der Waals surface area (Å²) in [6, 6.07) is 13.5. The first-order chi connectivity index (χ1) is 21.4. The molecule has 0 spiro atoms. The maximum Gasteiger partial charge on any atom is 0.136 e. The third-order valence-corrected chi connectivity index (χ3v) is 8.42. The van der Waals surface area contributed by atoms with Crippen LogP contribution in [0.4, 0.5) is 20.4 Å². The Morgan fingerprint density at radius 1 is 0.818 bits per heavy atom. The quantitative estimate of drug-likeness (QED) is 0.234. The summed E-state index contributed by atoms with van der Waals surface area (Å²) in [5.41, 5.74) is 0. The van der Waals surface area contributed by atoms with E-state index in [2.05, 4.69) is 30.0 Å². The predicted octanol–water partition coefficient (Wildman–Crippen LogP) is 4.50. The fourth-order valence-electron chi connectivity index (χ4n) is 5.28. The monoisotopic (exact) mass is 646 g/mol. The van der Waals surface area contributed by atoms with Gasteiger partial charge in [0, 0.05) is 87.9 Å². The molecule has 0 aliphatic carbocycles. The molecule has 44 heavy (non-hydrogen) atoms. The Labute approximate surface area is 266 Å². The molecule has 236 valence electrons. The molecule has 0 amide bonds. The first-order valence-electron chi connectivity index (χ1n) is 14.9. The van der Waals surface area contributed by atoms with Gasteiger partial charge in [-0.05, 0) is 47.2 Å². The Bertz CT molecular complexity index is 1500. The van der Waals surface area contributed by atoms with Crippen LogP contribution in [0.1, 0.15) is 0 Å². The molecule has 0 saturated carbocycles. The van der Waals surface area contributed by atoms with E-state index < -0.39 is 6.10 Å². The minimum atomic E-state index is -0.488. The molecule has 8 nitrogen and oxygen atoms in total. The summed E-state index contributed by atoms with van der Waals surface area (Å²) >= 11 is 10.9. The number of ether oxygens (including phenoxy) is 1. The van der Waals surface area contributed by atoms with Crippen LogP contribution in [0.25, 0.3) is 21.5 Å². The maximum absolute atomic E-state index is 13.5. The summed E-state index contributed by atoms with van der Waals surface area (Å²) < 4.78 is 31.6. The van der Waals surface area contributed by atoms with Crippen LogP contribution in [0.15, 0.2) is 60.9 Å². The number of β-amino-alcohol motifs (C(OH)–C–C–N with tert-alkyl or cyclic N) is 1. The van der Waals surface area contributed by atoms with Gasteiger partial charge in [0.05, 0.1) is 24.7 Å². The summed E-state index contributed by atoms with van der Waals surface area (Å²) in [4.78, 5) is 15.4. The third kappa shape index (κ3) is 8.87. The second kappa shape index (κ2) is 15.9. The van der Waals surface area contributed by atoms with Gasteiger partial charge in [-0.2, -0.15) is 0 Å². The maximum atomic E-state index is 13.5. The Morgan fingerprint density at radius 3 is 1.80 bits per heavy atom. The molecule has 5 heterocycles. The molecule has 2 atom stereocenters. The number of anilines is 2. The van der Waals surface area contributed by atoms with Gasteiger partial charge in [-0.1, -0.05) is 12.1 Å². The van der Waals surface area contributed by atoms with E-state index in [1.807, 2.05) is 12.1 Å². The summed E-state index contributed by atoms with van der Waals surface area (Å²) in [6.45, 7) is 8.49. The van der Waals surface area contributed by atoms with E-state index in [4.69, 9.17) is 27.9 Å².